The van der Waals surface area contributed by atoms with Gasteiger partial charge in [-0.25, -0.2) is 17.5 Å². The predicted molar refractivity (Wildman–Crippen MR) is 109 cm³/mol. The number of urea groups is 1. The fraction of sp³-hybridized carbons (Fsp3) is 0.350. The van der Waals surface area contributed by atoms with Gasteiger partial charge in [-0.1, -0.05) is 41.4 Å². The number of likely N-dealkylation sites (N-methyl/N-ethyl adjacent to an activating group) is 1. The zero-order valence-corrected chi connectivity index (χ0v) is 17.6. The van der Waals surface area contributed by atoms with Crippen molar-refractivity contribution in [2.24, 2.45) is 0 Å². The van der Waals surface area contributed by atoms with Crippen molar-refractivity contribution < 1.29 is 18.1 Å². The largest absolute Gasteiger partial charge is 0.334 e. The van der Waals surface area contributed by atoms with Gasteiger partial charge in [-0.2, -0.15) is 0 Å². The van der Waals surface area contributed by atoms with Crippen LogP contribution in [0.2, 0.25) is 5.02 Å². The summed E-state index contributed by atoms with van der Waals surface area (Å²) >= 11 is 6.06. The summed E-state index contributed by atoms with van der Waals surface area (Å²) in [6, 6.07) is 13.0. The van der Waals surface area contributed by atoms with Crippen LogP contribution in [0.3, 0.4) is 0 Å². The first kappa shape index (κ1) is 20.6. The predicted octanol–water partition coefficient (Wildman–Crippen LogP) is 1.79. The molecule has 1 fully saturated rings. The third-order valence-corrected chi connectivity index (χ3v) is 6.89. The van der Waals surface area contributed by atoms with Crippen LogP contribution >= 0.6 is 11.6 Å². The zero-order chi connectivity index (χ0) is 20.3. The standard InChI is InChI=1S/C20H24ClN3O3S/c1-16-6-8-19(9-7-16)28(26,27)24(15-17-4-3-5-18(21)14-17)20(25)23-12-10-22(2)11-13-23/h3-9,14H,10-13,15H2,1-2H3/p+1. The van der Waals surface area contributed by atoms with Crippen molar-refractivity contribution in [3.8, 4) is 0 Å². The summed E-state index contributed by atoms with van der Waals surface area (Å²) < 4.78 is 27.6. The molecule has 6 nitrogen and oxygen atoms in total. The van der Waals surface area contributed by atoms with Crippen molar-refractivity contribution in [1.29, 1.82) is 0 Å². The molecule has 0 atom stereocenters. The minimum Gasteiger partial charge on any atom is -0.334 e. The van der Waals surface area contributed by atoms with Gasteiger partial charge in [-0.05, 0) is 36.8 Å². The number of piperazine rings is 1. The first-order valence-electron chi connectivity index (χ1n) is 9.21. The maximum absolute atomic E-state index is 13.3. The number of aryl methyl sites for hydroxylation is 1. The van der Waals surface area contributed by atoms with Crippen LogP contribution in [-0.4, -0.2) is 56.9 Å². The average molecular weight is 423 g/mol. The Balaban J connectivity index is 1.95. The van der Waals surface area contributed by atoms with Gasteiger partial charge in [0.25, 0.3) is 10.0 Å². The van der Waals surface area contributed by atoms with Crippen molar-refractivity contribution >= 4 is 27.7 Å². The fourth-order valence-electron chi connectivity index (χ4n) is 3.13. The van der Waals surface area contributed by atoms with Crippen molar-refractivity contribution in [3.05, 3.63) is 64.7 Å². The van der Waals surface area contributed by atoms with E-state index in [1.165, 1.54) is 17.0 Å². The molecule has 0 aliphatic carbocycles. The van der Waals surface area contributed by atoms with Crippen LogP contribution in [0.4, 0.5) is 4.79 Å². The average Bonchev–Trinajstić information content (AvgIpc) is 2.66. The van der Waals surface area contributed by atoms with Gasteiger partial charge >= 0.3 is 6.03 Å². The van der Waals surface area contributed by atoms with Crippen LogP contribution in [-0.2, 0) is 16.6 Å². The molecular formula is C20H25ClN3O3S+. The second kappa shape index (κ2) is 8.51. The Hall–Kier alpha value is -2.09. The zero-order valence-electron chi connectivity index (χ0n) is 16.1. The van der Waals surface area contributed by atoms with Crippen LogP contribution < -0.4 is 4.90 Å². The molecule has 2 aromatic carbocycles. The molecular weight excluding hydrogens is 398 g/mol. The lowest BCUT2D eigenvalue weighted by atomic mass is 10.2. The molecule has 0 aromatic heterocycles. The van der Waals surface area contributed by atoms with E-state index in [-0.39, 0.29) is 11.4 Å². The van der Waals surface area contributed by atoms with Crippen LogP contribution in [0, 0.1) is 6.92 Å². The smallest absolute Gasteiger partial charge is 0.334 e. The van der Waals surface area contributed by atoms with E-state index in [1.807, 2.05) is 6.92 Å². The van der Waals surface area contributed by atoms with Crippen molar-refractivity contribution in [3.63, 3.8) is 0 Å². The molecule has 3 rings (SSSR count). The van der Waals surface area contributed by atoms with Crippen molar-refractivity contribution in [1.82, 2.24) is 9.21 Å². The Labute approximate surface area is 171 Å². The van der Waals surface area contributed by atoms with E-state index in [0.717, 1.165) is 23.0 Å². The summed E-state index contributed by atoms with van der Waals surface area (Å²) in [5, 5.41) is 0.501. The van der Waals surface area contributed by atoms with Gasteiger partial charge < -0.3 is 9.80 Å². The number of rotatable bonds is 4. The number of halogens is 1. The van der Waals surface area contributed by atoms with Crippen LogP contribution in [0.25, 0.3) is 0 Å². The first-order valence-corrected chi connectivity index (χ1v) is 11.0. The van der Waals surface area contributed by atoms with Gasteiger partial charge in [0.15, 0.2) is 0 Å². The second-order valence-electron chi connectivity index (χ2n) is 7.18. The van der Waals surface area contributed by atoms with E-state index in [1.54, 1.807) is 41.3 Å². The highest BCUT2D eigenvalue weighted by Gasteiger charge is 2.34. The van der Waals surface area contributed by atoms with Crippen LogP contribution in [0.15, 0.2) is 53.4 Å². The van der Waals surface area contributed by atoms with Gasteiger partial charge in [0.1, 0.15) is 0 Å². The Morgan fingerprint density at radius 2 is 1.79 bits per heavy atom. The second-order valence-corrected chi connectivity index (χ2v) is 9.48. The van der Waals surface area contributed by atoms with Crippen LogP contribution in [0.1, 0.15) is 11.1 Å². The number of carbonyl (C=O) groups excluding carboxylic acids is 1. The number of quaternary nitrogens is 1. The van der Waals surface area contributed by atoms with E-state index in [0.29, 0.717) is 23.7 Å². The lowest BCUT2D eigenvalue weighted by molar-refractivity contribution is -0.883. The number of sulfonamides is 1. The number of benzene rings is 2. The lowest BCUT2D eigenvalue weighted by Gasteiger charge is -2.34. The molecule has 0 spiro atoms. The van der Waals surface area contributed by atoms with Gasteiger partial charge in [-0.15, -0.1) is 0 Å². The highest BCUT2D eigenvalue weighted by molar-refractivity contribution is 7.89. The number of amides is 2. The maximum atomic E-state index is 13.3. The summed E-state index contributed by atoms with van der Waals surface area (Å²) in [5.41, 5.74) is 1.62. The summed E-state index contributed by atoms with van der Waals surface area (Å²) in [4.78, 5) is 16.3. The molecule has 1 aliphatic heterocycles. The molecule has 0 radical (unpaired) electrons. The topological polar surface area (TPSA) is 62.1 Å². The molecule has 0 bridgehead atoms. The van der Waals surface area contributed by atoms with Gasteiger partial charge in [-0.3, -0.25) is 0 Å². The van der Waals surface area contributed by atoms with Gasteiger partial charge in [0.05, 0.1) is 44.7 Å². The minimum absolute atomic E-state index is 0.0607. The molecule has 2 aromatic rings. The van der Waals surface area contributed by atoms with Crippen LogP contribution in [0.5, 0.6) is 0 Å². The fourth-order valence-corrected chi connectivity index (χ4v) is 4.72. The summed E-state index contributed by atoms with van der Waals surface area (Å²) in [6.07, 6.45) is 0. The monoisotopic (exact) mass is 422 g/mol. The molecule has 0 saturated carbocycles. The van der Waals surface area contributed by atoms with E-state index < -0.39 is 16.1 Å². The number of hydrogen-bond donors (Lipinski definition) is 1. The highest BCUT2D eigenvalue weighted by atomic mass is 35.5. The highest BCUT2D eigenvalue weighted by Crippen LogP contribution is 2.22. The Morgan fingerprint density at radius 3 is 2.39 bits per heavy atom. The Morgan fingerprint density at radius 1 is 1.14 bits per heavy atom. The normalized spacial score (nSPS) is 15.5. The van der Waals surface area contributed by atoms with E-state index in [2.05, 4.69) is 7.05 Å². The number of hydrogen-bond acceptors (Lipinski definition) is 3. The SMILES string of the molecule is Cc1ccc(S(=O)(=O)N(Cc2cccc(Cl)c2)C(=O)N2CC[NH+](C)CC2)cc1. The number of nitrogens with one attached hydrogen (secondary N) is 1. The van der Waals surface area contributed by atoms with Crippen molar-refractivity contribution in [2.45, 2.75) is 18.4 Å². The molecule has 1 heterocycles. The van der Waals surface area contributed by atoms with E-state index in [4.69, 9.17) is 11.6 Å². The molecule has 1 N–H and O–H groups in total. The molecule has 1 saturated heterocycles. The molecule has 2 amide bonds. The van der Waals surface area contributed by atoms with Crippen molar-refractivity contribution in [2.75, 3.05) is 33.2 Å². The molecule has 150 valence electrons. The Kier molecular flexibility index (Phi) is 6.27. The molecule has 0 unspecified atom stereocenters. The summed E-state index contributed by atoms with van der Waals surface area (Å²) in [7, 11) is -1.93. The molecule has 1 aliphatic rings. The third-order valence-electron chi connectivity index (χ3n) is 4.93. The maximum Gasteiger partial charge on any atom is 0.334 e. The summed E-state index contributed by atoms with van der Waals surface area (Å²) in [5.74, 6) is 0. The van der Waals surface area contributed by atoms with Gasteiger partial charge in [0.2, 0.25) is 0 Å². The molecule has 28 heavy (non-hydrogen) atoms. The first-order chi connectivity index (χ1) is 13.3. The lowest BCUT2D eigenvalue weighted by Crippen LogP contribution is -3.12. The summed E-state index contributed by atoms with van der Waals surface area (Å²) in [6.45, 7) is 4.47. The quantitative estimate of drug-likeness (QED) is 0.817. The number of nitrogens with zero attached hydrogens (tertiary/aromatic N) is 2. The Bertz CT molecular complexity index is 939. The van der Waals surface area contributed by atoms with E-state index >= 15 is 0 Å². The van der Waals surface area contributed by atoms with Gasteiger partial charge in [0, 0.05) is 5.02 Å². The molecule has 8 heteroatoms. The minimum atomic E-state index is -4.00. The third kappa shape index (κ3) is 4.66. The number of carbonyl (C=O) groups is 1. The van der Waals surface area contributed by atoms with E-state index in [9.17, 15) is 13.2 Å².